The molecule has 2 aromatic rings. The van der Waals surface area contributed by atoms with E-state index in [1.54, 1.807) is 17.5 Å². The van der Waals surface area contributed by atoms with Crippen molar-refractivity contribution >= 4 is 23.2 Å². The summed E-state index contributed by atoms with van der Waals surface area (Å²) in [6, 6.07) is 11.2. The van der Waals surface area contributed by atoms with Gasteiger partial charge in [0.25, 0.3) is 11.8 Å². The highest BCUT2D eigenvalue weighted by atomic mass is 32.1. The summed E-state index contributed by atoms with van der Waals surface area (Å²) in [6.07, 6.45) is 1.04. The summed E-state index contributed by atoms with van der Waals surface area (Å²) in [6.45, 7) is 6.36. The van der Waals surface area contributed by atoms with Crippen LogP contribution in [0.5, 0.6) is 5.75 Å². The highest BCUT2D eigenvalue weighted by Gasteiger charge is 2.17. The lowest BCUT2D eigenvalue weighted by Crippen LogP contribution is -2.43. The van der Waals surface area contributed by atoms with Crippen LogP contribution in [-0.4, -0.2) is 18.4 Å². The summed E-state index contributed by atoms with van der Waals surface area (Å²) in [7, 11) is 0. The van der Waals surface area contributed by atoms with Crippen molar-refractivity contribution in [1.29, 1.82) is 0 Å². The lowest BCUT2D eigenvalue weighted by Gasteiger charge is -2.23. The van der Waals surface area contributed by atoms with Gasteiger partial charge in [-0.1, -0.05) is 39.0 Å². The molecule has 2 rings (SSSR count). The molecule has 0 aliphatic carbocycles. The number of ether oxygens (including phenoxy) is 1. The van der Waals surface area contributed by atoms with Gasteiger partial charge < -0.3 is 4.74 Å². The van der Waals surface area contributed by atoms with Crippen molar-refractivity contribution in [1.82, 2.24) is 10.9 Å². The molecular weight excluding hydrogens is 324 g/mol. The normalized spacial score (nSPS) is 11.0. The number of rotatable bonds is 6. The molecule has 24 heavy (non-hydrogen) atoms. The zero-order chi connectivity index (χ0) is 17.6. The Bertz CT molecular complexity index is 679. The van der Waals surface area contributed by atoms with E-state index in [-0.39, 0.29) is 17.9 Å². The van der Waals surface area contributed by atoms with Gasteiger partial charge in [-0.3, -0.25) is 20.4 Å². The lowest BCUT2D eigenvalue weighted by atomic mass is 9.82. The zero-order valence-electron chi connectivity index (χ0n) is 14.1. The third kappa shape index (κ3) is 4.83. The van der Waals surface area contributed by atoms with Crippen LogP contribution in [0.15, 0.2) is 41.8 Å². The second-order valence-corrected chi connectivity index (χ2v) is 6.98. The van der Waals surface area contributed by atoms with Crippen molar-refractivity contribution < 1.29 is 14.3 Å². The molecule has 0 bridgehead atoms. The number of carbonyl (C=O) groups is 2. The van der Waals surface area contributed by atoms with Crippen molar-refractivity contribution in [2.75, 3.05) is 6.61 Å². The van der Waals surface area contributed by atoms with Crippen LogP contribution in [0.3, 0.4) is 0 Å². The fourth-order valence-electron chi connectivity index (χ4n) is 1.99. The average molecular weight is 346 g/mol. The van der Waals surface area contributed by atoms with E-state index in [0.29, 0.717) is 10.6 Å². The van der Waals surface area contributed by atoms with Crippen LogP contribution in [0.2, 0.25) is 0 Å². The first-order valence-electron chi connectivity index (χ1n) is 7.78. The largest absolute Gasteiger partial charge is 0.484 e. The minimum Gasteiger partial charge on any atom is -0.484 e. The summed E-state index contributed by atoms with van der Waals surface area (Å²) in [5.74, 6) is -0.146. The van der Waals surface area contributed by atoms with Crippen LogP contribution in [0.25, 0.3) is 0 Å². The second-order valence-electron chi connectivity index (χ2n) is 6.03. The lowest BCUT2D eigenvalue weighted by molar-refractivity contribution is -0.123. The predicted molar refractivity (Wildman–Crippen MR) is 95.2 cm³/mol. The SMILES string of the molecule is CCC(C)(C)c1ccc(OCC(=O)NNC(=O)c2cccs2)cc1. The van der Waals surface area contributed by atoms with E-state index in [4.69, 9.17) is 4.74 Å². The molecular formula is C18H22N2O3S. The highest BCUT2D eigenvalue weighted by Crippen LogP contribution is 2.27. The van der Waals surface area contributed by atoms with Crippen molar-refractivity contribution in [3.05, 3.63) is 52.2 Å². The Morgan fingerprint density at radius 3 is 2.42 bits per heavy atom. The Hall–Kier alpha value is -2.34. The fraction of sp³-hybridized carbons (Fsp3) is 0.333. The van der Waals surface area contributed by atoms with Crippen molar-refractivity contribution in [3.63, 3.8) is 0 Å². The molecule has 0 aliphatic heterocycles. The summed E-state index contributed by atoms with van der Waals surface area (Å²) in [5.41, 5.74) is 6.02. The van der Waals surface area contributed by atoms with Gasteiger partial charge in [-0.05, 0) is 41.0 Å². The van der Waals surface area contributed by atoms with E-state index in [1.165, 1.54) is 16.9 Å². The molecule has 0 aliphatic rings. The molecule has 0 radical (unpaired) electrons. The third-order valence-electron chi connectivity index (χ3n) is 3.95. The average Bonchev–Trinajstić information content (AvgIpc) is 3.13. The van der Waals surface area contributed by atoms with E-state index in [0.717, 1.165) is 6.42 Å². The molecule has 5 nitrogen and oxygen atoms in total. The molecule has 1 aromatic heterocycles. The molecule has 1 aromatic carbocycles. The monoisotopic (exact) mass is 346 g/mol. The number of hydrogen-bond acceptors (Lipinski definition) is 4. The van der Waals surface area contributed by atoms with Gasteiger partial charge in [0.05, 0.1) is 4.88 Å². The third-order valence-corrected chi connectivity index (χ3v) is 4.82. The zero-order valence-corrected chi connectivity index (χ0v) is 14.9. The fourth-order valence-corrected chi connectivity index (χ4v) is 2.61. The van der Waals surface area contributed by atoms with Gasteiger partial charge in [0.2, 0.25) is 0 Å². The van der Waals surface area contributed by atoms with E-state index in [9.17, 15) is 9.59 Å². The topological polar surface area (TPSA) is 67.4 Å². The number of nitrogens with one attached hydrogen (secondary N) is 2. The molecule has 0 saturated heterocycles. The number of carbonyl (C=O) groups excluding carboxylic acids is 2. The van der Waals surface area contributed by atoms with Crippen LogP contribution < -0.4 is 15.6 Å². The molecule has 0 spiro atoms. The minimum absolute atomic E-state index is 0.113. The molecule has 0 fully saturated rings. The smallest absolute Gasteiger partial charge is 0.279 e. The highest BCUT2D eigenvalue weighted by molar-refractivity contribution is 7.12. The van der Waals surface area contributed by atoms with Gasteiger partial charge in [-0.15, -0.1) is 11.3 Å². The first-order chi connectivity index (χ1) is 11.4. The molecule has 6 heteroatoms. The number of hydrogen-bond donors (Lipinski definition) is 2. The Kier molecular flexibility index (Phi) is 5.98. The van der Waals surface area contributed by atoms with Gasteiger partial charge in [0, 0.05) is 0 Å². The number of benzene rings is 1. The standard InChI is InChI=1S/C18H22N2O3S/c1-4-18(2,3)13-7-9-14(10-8-13)23-12-16(21)19-20-17(22)15-6-5-11-24-15/h5-11H,4,12H2,1-3H3,(H,19,21)(H,20,22). The maximum absolute atomic E-state index is 11.7. The van der Waals surface area contributed by atoms with Gasteiger partial charge in [-0.2, -0.15) is 0 Å². The summed E-state index contributed by atoms with van der Waals surface area (Å²) in [5, 5.41) is 1.79. The van der Waals surface area contributed by atoms with Crippen molar-refractivity contribution in [2.24, 2.45) is 0 Å². The van der Waals surface area contributed by atoms with Crippen LogP contribution in [0.1, 0.15) is 42.4 Å². The molecule has 1 heterocycles. The molecule has 128 valence electrons. The Labute approximate surface area is 146 Å². The van der Waals surface area contributed by atoms with E-state index >= 15 is 0 Å². The van der Waals surface area contributed by atoms with Gasteiger partial charge in [0.15, 0.2) is 6.61 Å². The van der Waals surface area contributed by atoms with Crippen LogP contribution in [0, 0.1) is 0 Å². The summed E-state index contributed by atoms with van der Waals surface area (Å²) < 4.78 is 5.43. The van der Waals surface area contributed by atoms with E-state index in [1.807, 2.05) is 24.3 Å². The van der Waals surface area contributed by atoms with E-state index in [2.05, 4.69) is 31.6 Å². The van der Waals surface area contributed by atoms with Crippen LogP contribution >= 0.6 is 11.3 Å². The van der Waals surface area contributed by atoms with Gasteiger partial charge in [0.1, 0.15) is 5.75 Å². The quantitative estimate of drug-likeness (QED) is 0.789. The number of thiophene rings is 1. The summed E-state index contributed by atoms with van der Waals surface area (Å²) >= 11 is 1.30. The predicted octanol–water partition coefficient (Wildman–Crippen LogP) is 3.28. The molecule has 0 unspecified atom stereocenters. The van der Waals surface area contributed by atoms with Crippen LogP contribution in [-0.2, 0) is 10.2 Å². The Morgan fingerprint density at radius 1 is 1.12 bits per heavy atom. The van der Waals surface area contributed by atoms with Crippen LogP contribution in [0.4, 0.5) is 0 Å². The first kappa shape index (κ1) is 18.0. The molecule has 0 atom stereocenters. The van der Waals surface area contributed by atoms with E-state index < -0.39 is 5.91 Å². The Balaban J connectivity index is 1.78. The minimum atomic E-state index is -0.419. The maximum atomic E-state index is 11.7. The molecule has 2 N–H and O–H groups in total. The number of hydrazine groups is 1. The van der Waals surface area contributed by atoms with Gasteiger partial charge >= 0.3 is 0 Å². The first-order valence-corrected chi connectivity index (χ1v) is 8.66. The molecule has 2 amide bonds. The second kappa shape index (κ2) is 7.97. The number of amides is 2. The molecule has 0 saturated carbocycles. The van der Waals surface area contributed by atoms with Gasteiger partial charge in [-0.25, -0.2) is 0 Å². The van der Waals surface area contributed by atoms with Crippen molar-refractivity contribution in [3.8, 4) is 5.75 Å². The summed E-state index contributed by atoms with van der Waals surface area (Å²) in [4.78, 5) is 23.9. The maximum Gasteiger partial charge on any atom is 0.279 e. The Morgan fingerprint density at radius 2 is 1.83 bits per heavy atom. The van der Waals surface area contributed by atoms with Crippen molar-refractivity contribution in [2.45, 2.75) is 32.6 Å².